The van der Waals surface area contributed by atoms with Crippen LogP contribution in [0.25, 0.3) is 0 Å². The van der Waals surface area contributed by atoms with Crippen LogP contribution in [0.2, 0.25) is 0 Å². The summed E-state index contributed by atoms with van der Waals surface area (Å²) in [6.45, 7) is 15.2. The number of hydrogen-bond donors (Lipinski definition) is 1. The van der Waals surface area contributed by atoms with E-state index in [0.29, 0.717) is 6.61 Å². The molecule has 2 aromatic carbocycles. The number of aliphatic hydroxyl groups excluding tert-OH is 1. The molecule has 0 aliphatic heterocycles. The van der Waals surface area contributed by atoms with Crippen LogP contribution in [-0.2, 0) is 10.2 Å². The minimum Gasteiger partial charge on any atom is -0.488 e. The van der Waals surface area contributed by atoms with Gasteiger partial charge in [-0.05, 0) is 70.0 Å². The SMILES string of the molecule is CC(C)OCCC(C)(C)Oc1ccc(C(C)(C)c2ccc(OC(C)CO)cc2)cc1. The summed E-state index contributed by atoms with van der Waals surface area (Å²) in [6, 6.07) is 16.4. The Bertz CT molecular complexity index is 761. The lowest BCUT2D eigenvalue weighted by Gasteiger charge is -2.29. The van der Waals surface area contributed by atoms with E-state index in [-0.39, 0.29) is 29.8 Å². The first-order chi connectivity index (χ1) is 14.0. The van der Waals surface area contributed by atoms with Crippen molar-refractivity contribution in [3.8, 4) is 11.5 Å². The Morgan fingerprint density at radius 3 is 1.77 bits per heavy atom. The third-order valence-corrected chi connectivity index (χ3v) is 5.30. The fourth-order valence-electron chi connectivity index (χ4n) is 3.24. The van der Waals surface area contributed by atoms with Crippen molar-refractivity contribution in [1.82, 2.24) is 0 Å². The van der Waals surface area contributed by atoms with Crippen LogP contribution in [-0.4, -0.2) is 36.1 Å². The van der Waals surface area contributed by atoms with Crippen molar-refractivity contribution in [3.63, 3.8) is 0 Å². The average molecular weight is 415 g/mol. The molecule has 0 fully saturated rings. The van der Waals surface area contributed by atoms with E-state index in [9.17, 15) is 0 Å². The third kappa shape index (κ3) is 7.03. The number of benzene rings is 2. The summed E-state index contributed by atoms with van der Waals surface area (Å²) in [4.78, 5) is 0. The van der Waals surface area contributed by atoms with Crippen molar-refractivity contribution in [1.29, 1.82) is 0 Å². The molecule has 0 amide bonds. The molecule has 1 atom stereocenters. The fourth-order valence-corrected chi connectivity index (χ4v) is 3.24. The highest BCUT2D eigenvalue weighted by Crippen LogP contribution is 2.34. The van der Waals surface area contributed by atoms with Gasteiger partial charge in [0.05, 0.1) is 19.3 Å². The molecule has 2 aromatic rings. The summed E-state index contributed by atoms with van der Waals surface area (Å²) in [5, 5.41) is 9.14. The molecular weight excluding hydrogens is 376 g/mol. The van der Waals surface area contributed by atoms with Gasteiger partial charge < -0.3 is 19.3 Å². The van der Waals surface area contributed by atoms with Gasteiger partial charge >= 0.3 is 0 Å². The van der Waals surface area contributed by atoms with Crippen LogP contribution in [0.4, 0.5) is 0 Å². The van der Waals surface area contributed by atoms with Crippen LogP contribution < -0.4 is 9.47 Å². The van der Waals surface area contributed by atoms with Crippen LogP contribution in [0.3, 0.4) is 0 Å². The van der Waals surface area contributed by atoms with Crippen LogP contribution in [0.1, 0.15) is 66.0 Å². The molecule has 0 spiro atoms. The minimum atomic E-state index is -0.284. The first kappa shape index (κ1) is 24.2. The molecule has 166 valence electrons. The molecule has 2 rings (SSSR count). The van der Waals surface area contributed by atoms with Gasteiger partial charge in [0.2, 0.25) is 0 Å². The standard InChI is InChI=1S/C26H38O4/c1-19(2)28-17-16-25(4,5)30-24-14-10-22(11-15-24)26(6,7)21-8-12-23(13-9-21)29-20(3)18-27/h8-15,19-20,27H,16-18H2,1-7H3. The molecule has 0 aliphatic rings. The van der Waals surface area contributed by atoms with Gasteiger partial charge in [0, 0.05) is 11.8 Å². The molecule has 4 heteroatoms. The van der Waals surface area contributed by atoms with E-state index >= 15 is 0 Å². The predicted octanol–water partition coefficient (Wildman–Crippen LogP) is 5.74. The highest BCUT2D eigenvalue weighted by molar-refractivity contribution is 5.42. The fraction of sp³-hybridized carbons (Fsp3) is 0.538. The summed E-state index contributed by atoms with van der Waals surface area (Å²) in [7, 11) is 0. The van der Waals surface area contributed by atoms with Crippen molar-refractivity contribution >= 4 is 0 Å². The van der Waals surface area contributed by atoms with Gasteiger partial charge in [0.25, 0.3) is 0 Å². The molecule has 30 heavy (non-hydrogen) atoms. The number of ether oxygens (including phenoxy) is 3. The predicted molar refractivity (Wildman–Crippen MR) is 123 cm³/mol. The second-order valence-electron chi connectivity index (χ2n) is 9.32. The van der Waals surface area contributed by atoms with E-state index in [4.69, 9.17) is 19.3 Å². The van der Waals surface area contributed by atoms with Crippen molar-refractivity contribution in [2.75, 3.05) is 13.2 Å². The number of rotatable bonds is 11. The summed E-state index contributed by atoms with van der Waals surface area (Å²) < 4.78 is 17.5. The quantitative estimate of drug-likeness (QED) is 0.509. The molecule has 1 N–H and O–H groups in total. The van der Waals surface area contributed by atoms with E-state index in [2.05, 4.69) is 52.0 Å². The summed E-state index contributed by atoms with van der Waals surface area (Å²) in [5.74, 6) is 1.63. The average Bonchev–Trinajstić information content (AvgIpc) is 2.68. The lowest BCUT2D eigenvalue weighted by atomic mass is 9.78. The Morgan fingerprint density at radius 1 is 0.800 bits per heavy atom. The van der Waals surface area contributed by atoms with Gasteiger partial charge in [-0.3, -0.25) is 0 Å². The lowest BCUT2D eigenvalue weighted by molar-refractivity contribution is 0.0231. The Balaban J connectivity index is 2.05. The van der Waals surface area contributed by atoms with E-state index in [1.54, 1.807) is 0 Å². The molecule has 0 radical (unpaired) electrons. The van der Waals surface area contributed by atoms with Gasteiger partial charge in [0.15, 0.2) is 0 Å². The second kappa shape index (κ2) is 10.3. The zero-order chi connectivity index (χ0) is 22.4. The normalized spacial score (nSPS) is 13.4. The summed E-state index contributed by atoms with van der Waals surface area (Å²) in [6.07, 6.45) is 0.862. The molecule has 0 aliphatic carbocycles. The molecular formula is C26H38O4. The molecule has 4 nitrogen and oxygen atoms in total. The minimum absolute atomic E-state index is 0.00319. The maximum absolute atomic E-state index is 9.14. The van der Waals surface area contributed by atoms with Crippen molar-refractivity contribution in [2.45, 2.75) is 78.1 Å². The maximum atomic E-state index is 9.14. The smallest absolute Gasteiger partial charge is 0.120 e. The Hall–Kier alpha value is -2.04. The molecule has 0 bridgehead atoms. The Kier molecular flexibility index (Phi) is 8.34. The molecule has 1 unspecified atom stereocenters. The van der Waals surface area contributed by atoms with Gasteiger partial charge in [-0.15, -0.1) is 0 Å². The first-order valence-corrected chi connectivity index (χ1v) is 10.8. The van der Waals surface area contributed by atoms with Crippen LogP contribution in [0.15, 0.2) is 48.5 Å². The zero-order valence-corrected chi connectivity index (χ0v) is 19.6. The lowest BCUT2D eigenvalue weighted by Crippen LogP contribution is -2.30. The monoisotopic (exact) mass is 414 g/mol. The van der Waals surface area contributed by atoms with Crippen LogP contribution in [0.5, 0.6) is 11.5 Å². The molecule has 0 heterocycles. The van der Waals surface area contributed by atoms with Gasteiger partial charge in [0.1, 0.15) is 23.2 Å². The number of aliphatic hydroxyl groups is 1. The maximum Gasteiger partial charge on any atom is 0.120 e. The second-order valence-corrected chi connectivity index (χ2v) is 9.32. The zero-order valence-electron chi connectivity index (χ0n) is 19.6. The summed E-state index contributed by atoms with van der Waals surface area (Å²) >= 11 is 0. The first-order valence-electron chi connectivity index (χ1n) is 10.8. The van der Waals surface area contributed by atoms with Gasteiger partial charge in [-0.2, -0.15) is 0 Å². The van der Waals surface area contributed by atoms with E-state index in [1.165, 1.54) is 11.1 Å². The number of hydrogen-bond acceptors (Lipinski definition) is 4. The van der Waals surface area contributed by atoms with E-state index in [0.717, 1.165) is 17.9 Å². The summed E-state index contributed by atoms with van der Waals surface area (Å²) in [5.41, 5.74) is 1.98. The largest absolute Gasteiger partial charge is 0.488 e. The van der Waals surface area contributed by atoms with E-state index in [1.807, 2.05) is 45.0 Å². The molecule has 0 saturated carbocycles. The Labute approximate surface area is 182 Å². The van der Waals surface area contributed by atoms with Crippen molar-refractivity contribution < 1.29 is 19.3 Å². The van der Waals surface area contributed by atoms with Gasteiger partial charge in [-0.25, -0.2) is 0 Å². The van der Waals surface area contributed by atoms with Crippen molar-refractivity contribution in [3.05, 3.63) is 59.7 Å². The van der Waals surface area contributed by atoms with Gasteiger partial charge in [-0.1, -0.05) is 38.1 Å². The highest BCUT2D eigenvalue weighted by Gasteiger charge is 2.24. The highest BCUT2D eigenvalue weighted by atomic mass is 16.5. The Morgan fingerprint density at radius 2 is 1.30 bits per heavy atom. The van der Waals surface area contributed by atoms with E-state index < -0.39 is 0 Å². The third-order valence-electron chi connectivity index (χ3n) is 5.30. The topological polar surface area (TPSA) is 47.9 Å². The van der Waals surface area contributed by atoms with Crippen LogP contribution >= 0.6 is 0 Å². The van der Waals surface area contributed by atoms with Crippen LogP contribution in [0, 0.1) is 0 Å². The molecule has 0 saturated heterocycles. The van der Waals surface area contributed by atoms with Crippen molar-refractivity contribution in [2.24, 2.45) is 0 Å². The molecule has 0 aromatic heterocycles.